The molecule has 1 aromatic carbocycles. The second-order valence-corrected chi connectivity index (χ2v) is 8.14. The number of hydrogen-bond acceptors (Lipinski definition) is 2. The lowest BCUT2D eigenvalue weighted by molar-refractivity contribution is 0.287. The highest BCUT2D eigenvalue weighted by Crippen LogP contribution is 2.50. The summed E-state index contributed by atoms with van der Waals surface area (Å²) in [4.78, 5) is 1.41. The van der Waals surface area contributed by atoms with Crippen LogP contribution < -0.4 is 5.32 Å². The standard InChI is InChI=1S/C19H29NS/c1-3-20-18(12-17-11-15-6-7-16(17)10-15)13-21-19-8-4-14(2)5-9-19/h4-5,8-9,15-18,20H,3,6-7,10-13H2,1-2H3. The summed E-state index contributed by atoms with van der Waals surface area (Å²) in [6, 6.07) is 9.66. The molecular weight excluding hydrogens is 274 g/mol. The minimum atomic E-state index is 0.686. The summed E-state index contributed by atoms with van der Waals surface area (Å²) >= 11 is 2.02. The molecule has 2 bridgehead atoms. The van der Waals surface area contributed by atoms with E-state index in [2.05, 4.69) is 43.4 Å². The first-order valence-corrected chi connectivity index (χ1v) is 9.66. The maximum atomic E-state index is 3.73. The van der Waals surface area contributed by atoms with Crippen molar-refractivity contribution in [2.24, 2.45) is 17.8 Å². The molecule has 1 aromatic rings. The quantitative estimate of drug-likeness (QED) is 0.720. The third-order valence-corrected chi connectivity index (χ3v) is 6.61. The molecule has 2 aliphatic carbocycles. The first kappa shape index (κ1) is 15.4. The minimum absolute atomic E-state index is 0.686. The van der Waals surface area contributed by atoms with Gasteiger partial charge < -0.3 is 5.32 Å². The topological polar surface area (TPSA) is 12.0 Å². The van der Waals surface area contributed by atoms with Crippen molar-refractivity contribution in [3.8, 4) is 0 Å². The van der Waals surface area contributed by atoms with E-state index < -0.39 is 0 Å². The Morgan fingerprint density at radius 1 is 1.19 bits per heavy atom. The summed E-state index contributed by atoms with van der Waals surface area (Å²) in [7, 11) is 0. The van der Waals surface area contributed by atoms with Crippen molar-refractivity contribution in [1.82, 2.24) is 5.32 Å². The normalized spacial score (nSPS) is 29.0. The Morgan fingerprint density at radius 3 is 2.62 bits per heavy atom. The van der Waals surface area contributed by atoms with Gasteiger partial charge in [-0.25, -0.2) is 0 Å². The van der Waals surface area contributed by atoms with Crippen molar-refractivity contribution in [1.29, 1.82) is 0 Å². The van der Waals surface area contributed by atoms with E-state index in [0.29, 0.717) is 6.04 Å². The van der Waals surface area contributed by atoms with Crippen molar-refractivity contribution in [2.45, 2.75) is 56.9 Å². The van der Waals surface area contributed by atoms with Gasteiger partial charge in [0.2, 0.25) is 0 Å². The number of rotatable bonds is 7. The molecule has 0 aliphatic heterocycles. The summed E-state index contributed by atoms with van der Waals surface area (Å²) in [6.45, 7) is 5.50. The van der Waals surface area contributed by atoms with E-state index in [1.165, 1.54) is 48.3 Å². The molecule has 0 spiro atoms. The average molecular weight is 304 g/mol. The van der Waals surface area contributed by atoms with Crippen LogP contribution in [-0.4, -0.2) is 18.3 Å². The van der Waals surface area contributed by atoms with Gasteiger partial charge in [0.15, 0.2) is 0 Å². The molecule has 2 fully saturated rings. The number of nitrogens with one attached hydrogen (secondary N) is 1. The van der Waals surface area contributed by atoms with E-state index in [1.54, 1.807) is 0 Å². The first-order chi connectivity index (χ1) is 10.2. The van der Waals surface area contributed by atoms with Crippen LogP contribution >= 0.6 is 11.8 Å². The molecule has 0 heterocycles. The van der Waals surface area contributed by atoms with Crippen molar-refractivity contribution in [2.75, 3.05) is 12.3 Å². The molecule has 1 N–H and O–H groups in total. The molecule has 3 rings (SSSR count). The van der Waals surface area contributed by atoms with E-state index in [0.717, 1.165) is 24.3 Å². The summed E-state index contributed by atoms with van der Waals surface area (Å²) in [5.74, 6) is 4.35. The molecule has 2 aliphatic rings. The molecule has 4 unspecified atom stereocenters. The lowest BCUT2D eigenvalue weighted by Gasteiger charge is -2.27. The van der Waals surface area contributed by atoms with E-state index >= 15 is 0 Å². The predicted molar refractivity (Wildman–Crippen MR) is 92.9 cm³/mol. The van der Waals surface area contributed by atoms with E-state index in [-0.39, 0.29) is 0 Å². The maximum absolute atomic E-state index is 3.73. The molecule has 0 amide bonds. The second kappa shape index (κ2) is 7.19. The van der Waals surface area contributed by atoms with E-state index in [1.807, 2.05) is 11.8 Å². The van der Waals surface area contributed by atoms with Gasteiger partial charge in [-0.3, -0.25) is 0 Å². The Hall–Kier alpha value is -0.470. The van der Waals surface area contributed by atoms with Gasteiger partial charge in [-0.2, -0.15) is 0 Å². The summed E-state index contributed by atoms with van der Waals surface area (Å²) < 4.78 is 0. The summed E-state index contributed by atoms with van der Waals surface area (Å²) in [6.07, 6.45) is 7.48. The third kappa shape index (κ3) is 4.04. The molecule has 0 aromatic heterocycles. The van der Waals surface area contributed by atoms with Crippen molar-refractivity contribution in [3.05, 3.63) is 29.8 Å². The zero-order chi connectivity index (χ0) is 14.7. The van der Waals surface area contributed by atoms with E-state index in [9.17, 15) is 0 Å². The van der Waals surface area contributed by atoms with Crippen LogP contribution in [0, 0.1) is 24.7 Å². The number of aryl methyl sites for hydroxylation is 1. The van der Waals surface area contributed by atoms with Gasteiger partial charge in [-0.1, -0.05) is 31.0 Å². The molecule has 1 nitrogen and oxygen atoms in total. The summed E-state index contributed by atoms with van der Waals surface area (Å²) in [5.41, 5.74) is 1.35. The van der Waals surface area contributed by atoms with Gasteiger partial charge >= 0.3 is 0 Å². The molecular formula is C19H29NS. The fourth-order valence-electron chi connectivity index (χ4n) is 4.36. The summed E-state index contributed by atoms with van der Waals surface area (Å²) in [5, 5.41) is 3.73. The molecule has 2 heteroatoms. The Morgan fingerprint density at radius 2 is 2.00 bits per heavy atom. The largest absolute Gasteiger partial charge is 0.313 e. The predicted octanol–water partition coefficient (Wildman–Crippen LogP) is 4.89. The number of fused-ring (bicyclic) bond motifs is 2. The maximum Gasteiger partial charge on any atom is 0.0164 e. The van der Waals surface area contributed by atoms with Gasteiger partial charge in [0.1, 0.15) is 0 Å². The highest BCUT2D eigenvalue weighted by molar-refractivity contribution is 7.99. The van der Waals surface area contributed by atoms with Gasteiger partial charge in [0.25, 0.3) is 0 Å². The SMILES string of the molecule is CCNC(CSc1ccc(C)cc1)CC1CC2CCC1C2. The number of thioether (sulfide) groups is 1. The highest BCUT2D eigenvalue weighted by atomic mass is 32.2. The highest BCUT2D eigenvalue weighted by Gasteiger charge is 2.39. The van der Waals surface area contributed by atoms with Gasteiger partial charge in [0.05, 0.1) is 0 Å². The Bertz CT molecular complexity index is 441. The number of hydrogen-bond donors (Lipinski definition) is 1. The van der Waals surface area contributed by atoms with Gasteiger partial charge in [0, 0.05) is 16.7 Å². The zero-order valence-electron chi connectivity index (χ0n) is 13.5. The lowest BCUT2D eigenvalue weighted by atomic mass is 9.84. The molecule has 0 saturated heterocycles. The van der Waals surface area contributed by atoms with Crippen molar-refractivity contribution < 1.29 is 0 Å². The van der Waals surface area contributed by atoms with Crippen LogP contribution in [0.15, 0.2) is 29.2 Å². The second-order valence-electron chi connectivity index (χ2n) is 7.05. The van der Waals surface area contributed by atoms with E-state index in [4.69, 9.17) is 0 Å². The molecule has 4 atom stereocenters. The smallest absolute Gasteiger partial charge is 0.0164 e. The van der Waals surface area contributed by atoms with Crippen molar-refractivity contribution in [3.63, 3.8) is 0 Å². The lowest BCUT2D eigenvalue weighted by Crippen LogP contribution is -2.34. The Labute approximate surface area is 134 Å². The van der Waals surface area contributed by atoms with Crippen LogP contribution in [0.1, 0.15) is 44.6 Å². The van der Waals surface area contributed by atoms with Crippen molar-refractivity contribution >= 4 is 11.8 Å². The Kier molecular flexibility index (Phi) is 5.29. The molecule has 0 radical (unpaired) electrons. The van der Waals surface area contributed by atoms with Crippen LogP contribution in [0.25, 0.3) is 0 Å². The fourth-order valence-corrected chi connectivity index (χ4v) is 5.34. The molecule has 2 saturated carbocycles. The van der Waals surface area contributed by atoms with Gasteiger partial charge in [-0.15, -0.1) is 11.8 Å². The minimum Gasteiger partial charge on any atom is -0.313 e. The van der Waals surface area contributed by atoms with Crippen LogP contribution in [0.3, 0.4) is 0 Å². The first-order valence-electron chi connectivity index (χ1n) is 8.67. The third-order valence-electron chi connectivity index (χ3n) is 5.44. The zero-order valence-corrected chi connectivity index (χ0v) is 14.3. The van der Waals surface area contributed by atoms with Crippen LogP contribution in [-0.2, 0) is 0 Å². The van der Waals surface area contributed by atoms with Gasteiger partial charge in [-0.05, 0) is 69.0 Å². The van der Waals surface area contributed by atoms with Crippen LogP contribution in [0.2, 0.25) is 0 Å². The monoisotopic (exact) mass is 303 g/mol. The fraction of sp³-hybridized carbons (Fsp3) is 0.684. The van der Waals surface area contributed by atoms with Crippen LogP contribution in [0.4, 0.5) is 0 Å². The Balaban J connectivity index is 1.51. The van der Waals surface area contributed by atoms with Crippen LogP contribution in [0.5, 0.6) is 0 Å². The average Bonchev–Trinajstić information content (AvgIpc) is 3.09. The molecule has 116 valence electrons. The molecule has 21 heavy (non-hydrogen) atoms. The number of benzene rings is 1.